The highest BCUT2D eigenvalue weighted by Gasteiger charge is 2.19. The zero-order chi connectivity index (χ0) is 18.8. The van der Waals surface area contributed by atoms with Crippen molar-refractivity contribution >= 4 is 5.96 Å². The molecule has 0 aromatic carbocycles. The van der Waals surface area contributed by atoms with Crippen molar-refractivity contribution in [3.63, 3.8) is 0 Å². The van der Waals surface area contributed by atoms with Crippen LogP contribution in [0.15, 0.2) is 15.6 Å². The molecular weight excluding hydrogens is 332 g/mol. The van der Waals surface area contributed by atoms with Gasteiger partial charge in [0.25, 0.3) is 0 Å². The van der Waals surface area contributed by atoms with Crippen molar-refractivity contribution in [2.24, 2.45) is 10.9 Å². The Balaban J connectivity index is 1.68. The number of ether oxygens (including phenoxy) is 2. The minimum Gasteiger partial charge on any atom is -0.443 e. The van der Waals surface area contributed by atoms with Crippen LogP contribution in [-0.4, -0.2) is 50.5 Å². The van der Waals surface area contributed by atoms with E-state index < -0.39 is 0 Å². The molecule has 1 aliphatic rings. The molecule has 0 saturated carbocycles. The summed E-state index contributed by atoms with van der Waals surface area (Å²) in [5, 5.41) is 6.56. The van der Waals surface area contributed by atoms with Crippen molar-refractivity contribution in [2.75, 3.05) is 39.5 Å². The van der Waals surface area contributed by atoms with E-state index in [2.05, 4.69) is 41.4 Å². The molecule has 1 saturated heterocycles. The van der Waals surface area contributed by atoms with Gasteiger partial charge in [-0.05, 0) is 19.8 Å². The van der Waals surface area contributed by atoms with Gasteiger partial charge in [0.05, 0.1) is 19.4 Å². The van der Waals surface area contributed by atoms with Crippen molar-refractivity contribution in [3.8, 4) is 0 Å². The lowest BCUT2D eigenvalue weighted by Crippen LogP contribution is -2.38. The topological polar surface area (TPSA) is 80.9 Å². The van der Waals surface area contributed by atoms with Gasteiger partial charge in [0.1, 0.15) is 12.3 Å². The molecule has 1 aromatic heterocycles. The Bertz CT molecular complexity index is 545. The molecule has 1 aromatic rings. The number of aliphatic imine (C=N–C) groups is 1. The smallest absolute Gasteiger partial charge is 0.216 e. The highest BCUT2D eigenvalue weighted by molar-refractivity contribution is 5.79. The maximum Gasteiger partial charge on any atom is 0.216 e. The first-order valence-electron chi connectivity index (χ1n) is 9.62. The predicted molar refractivity (Wildman–Crippen MR) is 102 cm³/mol. The molecule has 26 heavy (non-hydrogen) atoms. The largest absolute Gasteiger partial charge is 0.443 e. The summed E-state index contributed by atoms with van der Waals surface area (Å²) in [6.07, 6.45) is 3.84. The molecule has 1 fully saturated rings. The second-order valence-electron chi connectivity index (χ2n) is 7.65. The minimum absolute atomic E-state index is 0.0393. The Hall–Kier alpha value is -1.60. The van der Waals surface area contributed by atoms with E-state index in [-0.39, 0.29) is 5.41 Å². The Morgan fingerprint density at radius 1 is 1.38 bits per heavy atom. The zero-order valence-corrected chi connectivity index (χ0v) is 16.6. The monoisotopic (exact) mass is 366 g/mol. The average Bonchev–Trinajstić information content (AvgIpc) is 3.26. The maximum absolute atomic E-state index is 5.78. The van der Waals surface area contributed by atoms with Gasteiger partial charge in [-0.2, -0.15) is 0 Å². The third-order valence-electron chi connectivity index (χ3n) is 4.14. The van der Waals surface area contributed by atoms with Crippen molar-refractivity contribution < 1.29 is 13.9 Å². The lowest BCUT2D eigenvalue weighted by Gasteiger charge is -2.13. The van der Waals surface area contributed by atoms with Crippen LogP contribution in [0.1, 0.15) is 52.2 Å². The second kappa shape index (κ2) is 10.5. The highest BCUT2D eigenvalue weighted by atomic mass is 16.5. The van der Waals surface area contributed by atoms with Crippen molar-refractivity contribution in [1.29, 1.82) is 0 Å². The molecule has 2 N–H and O–H groups in total. The van der Waals surface area contributed by atoms with Crippen molar-refractivity contribution in [1.82, 2.24) is 15.6 Å². The summed E-state index contributed by atoms with van der Waals surface area (Å²) >= 11 is 0. The molecule has 1 atom stereocenters. The third-order valence-corrected chi connectivity index (χ3v) is 4.14. The number of aromatic nitrogens is 1. The molecule has 0 aliphatic carbocycles. The van der Waals surface area contributed by atoms with E-state index in [0.29, 0.717) is 18.4 Å². The lowest BCUT2D eigenvalue weighted by molar-refractivity contribution is 0.0888. The summed E-state index contributed by atoms with van der Waals surface area (Å²) in [6.45, 7) is 13.7. The average molecular weight is 367 g/mol. The fraction of sp³-hybridized carbons (Fsp3) is 0.789. The van der Waals surface area contributed by atoms with Crippen molar-refractivity contribution in [2.45, 2.75) is 52.5 Å². The van der Waals surface area contributed by atoms with E-state index in [1.807, 2.05) is 6.92 Å². The molecule has 7 heteroatoms. The Morgan fingerprint density at radius 2 is 2.23 bits per heavy atom. The molecule has 0 radical (unpaired) electrons. The molecule has 0 bridgehead atoms. The maximum atomic E-state index is 5.78. The first-order valence-corrected chi connectivity index (χ1v) is 9.62. The first kappa shape index (κ1) is 20.7. The first-order chi connectivity index (χ1) is 12.5. The molecule has 1 aliphatic heterocycles. The van der Waals surface area contributed by atoms with Crippen LogP contribution >= 0.6 is 0 Å². The summed E-state index contributed by atoms with van der Waals surface area (Å²) in [6, 6.07) is 0. The zero-order valence-electron chi connectivity index (χ0n) is 16.6. The van der Waals surface area contributed by atoms with Crippen LogP contribution in [0.3, 0.4) is 0 Å². The fourth-order valence-electron chi connectivity index (χ4n) is 2.56. The molecular formula is C19H34N4O3. The van der Waals surface area contributed by atoms with E-state index >= 15 is 0 Å². The van der Waals surface area contributed by atoms with Gasteiger partial charge in [0, 0.05) is 37.6 Å². The van der Waals surface area contributed by atoms with E-state index in [9.17, 15) is 0 Å². The molecule has 2 heterocycles. The molecule has 2 rings (SSSR count). The van der Waals surface area contributed by atoms with Crippen LogP contribution < -0.4 is 10.6 Å². The van der Waals surface area contributed by atoms with E-state index in [1.54, 1.807) is 6.20 Å². The second-order valence-corrected chi connectivity index (χ2v) is 7.65. The van der Waals surface area contributed by atoms with E-state index in [1.165, 1.54) is 0 Å². The summed E-state index contributed by atoms with van der Waals surface area (Å²) in [7, 11) is 0. The predicted octanol–water partition coefficient (Wildman–Crippen LogP) is 2.47. The van der Waals surface area contributed by atoms with Gasteiger partial charge in [-0.15, -0.1) is 0 Å². The van der Waals surface area contributed by atoms with E-state index in [4.69, 9.17) is 13.9 Å². The Morgan fingerprint density at radius 3 is 2.88 bits per heavy atom. The number of hydrogen-bond acceptors (Lipinski definition) is 5. The number of hydrogen-bond donors (Lipinski definition) is 2. The van der Waals surface area contributed by atoms with Gasteiger partial charge in [-0.25, -0.2) is 9.98 Å². The molecule has 148 valence electrons. The molecule has 7 nitrogen and oxygen atoms in total. The summed E-state index contributed by atoms with van der Waals surface area (Å²) in [4.78, 5) is 8.85. The number of nitrogens with zero attached hydrogens (tertiary/aromatic N) is 2. The Kier molecular flexibility index (Phi) is 8.38. The van der Waals surface area contributed by atoms with Crippen LogP contribution in [-0.2, 0) is 21.4 Å². The van der Waals surface area contributed by atoms with Gasteiger partial charge in [-0.3, -0.25) is 0 Å². The molecule has 0 amide bonds. The Labute approximate surface area is 157 Å². The quantitative estimate of drug-likeness (QED) is 0.397. The summed E-state index contributed by atoms with van der Waals surface area (Å²) in [5.41, 5.74) is -0.0393. The van der Waals surface area contributed by atoms with Crippen LogP contribution in [0, 0.1) is 5.92 Å². The van der Waals surface area contributed by atoms with Crippen molar-refractivity contribution in [3.05, 3.63) is 17.8 Å². The number of guanidine groups is 1. The number of oxazole rings is 1. The number of rotatable bonds is 9. The van der Waals surface area contributed by atoms with E-state index in [0.717, 1.165) is 64.1 Å². The van der Waals surface area contributed by atoms with Gasteiger partial charge < -0.3 is 24.5 Å². The minimum atomic E-state index is -0.0393. The van der Waals surface area contributed by atoms with Gasteiger partial charge in [-0.1, -0.05) is 20.8 Å². The van der Waals surface area contributed by atoms with Gasteiger partial charge in [0.2, 0.25) is 5.89 Å². The standard InChI is InChI=1S/C19H34N4O3/c1-5-20-18(21-8-6-9-24-13-15-7-10-25-14-15)23-12-17-22-11-16(26-17)19(2,3)4/h11,15H,5-10,12-14H2,1-4H3,(H2,20,21,23). The van der Waals surface area contributed by atoms with Gasteiger partial charge >= 0.3 is 0 Å². The van der Waals surface area contributed by atoms with Crippen LogP contribution in [0.4, 0.5) is 0 Å². The molecule has 1 unspecified atom stereocenters. The van der Waals surface area contributed by atoms with Gasteiger partial charge in [0.15, 0.2) is 5.96 Å². The summed E-state index contributed by atoms with van der Waals surface area (Å²) < 4.78 is 16.8. The molecule has 0 spiro atoms. The van der Waals surface area contributed by atoms with Crippen LogP contribution in [0.25, 0.3) is 0 Å². The number of nitrogens with one attached hydrogen (secondary N) is 2. The lowest BCUT2D eigenvalue weighted by atomic mass is 9.94. The van der Waals surface area contributed by atoms with Crippen LogP contribution in [0.5, 0.6) is 0 Å². The normalized spacial score (nSPS) is 18.3. The SMILES string of the molecule is CCNC(=NCc1ncc(C(C)(C)C)o1)NCCCOCC1CCOC1. The third kappa shape index (κ3) is 7.33. The van der Waals surface area contributed by atoms with Crippen LogP contribution in [0.2, 0.25) is 0 Å². The highest BCUT2D eigenvalue weighted by Crippen LogP contribution is 2.22. The summed E-state index contributed by atoms with van der Waals surface area (Å²) in [5.74, 6) is 2.85. The fourth-order valence-corrected chi connectivity index (χ4v) is 2.56.